The van der Waals surface area contributed by atoms with Gasteiger partial charge in [-0.1, -0.05) is 49.7 Å². The molecule has 0 radical (unpaired) electrons. The van der Waals surface area contributed by atoms with Gasteiger partial charge in [0, 0.05) is 28.6 Å². The summed E-state index contributed by atoms with van der Waals surface area (Å²) in [6.45, 7) is 2.42. The maximum atomic E-state index is 12.5. The molecule has 2 amide bonds. The predicted molar refractivity (Wildman–Crippen MR) is 145 cm³/mol. The Bertz CT molecular complexity index is 1230. The molecular weight excluding hydrogens is 472 g/mol. The van der Waals surface area contributed by atoms with E-state index in [4.69, 9.17) is 10.1 Å². The second kappa shape index (κ2) is 13.8. The Morgan fingerprint density at radius 2 is 1.86 bits per heavy atom. The van der Waals surface area contributed by atoms with Crippen molar-refractivity contribution in [1.82, 2.24) is 10.3 Å². The molecule has 0 aliphatic heterocycles. The zero-order chi connectivity index (χ0) is 25.8. The number of hydrogen-bond donors (Lipinski definition) is 3. The number of nitrogens with one attached hydrogen (secondary N) is 3. The van der Waals surface area contributed by atoms with Gasteiger partial charge >= 0.3 is 6.09 Å². The Morgan fingerprint density at radius 1 is 1.06 bits per heavy atom. The first-order chi connectivity index (χ1) is 17.5. The Kier molecular flexibility index (Phi) is 10.3. The van der Waals surface area contributed by atoms with Crippen LogP contribution >= 0.6 is 11.8 Å². The number of carbonyl (C=O) groups excluding carboxylic acids is 2. The van der Waals surface area contributed by atoms with E-state index in [2.05, 4.69) is 22.5 Å². The smallest absolute Gasteiger partial charge is 0.411 e. The highest BCUT2D eigenvalue weighted by molar-refractivity contribution is 7.99. The van der Waals surface area contributed by atoms with E-state index in [0.717, 1.165) is 34.7 Å². The molecule has 0 aliphatic carbocycles. The van der Waals surface area contributed by atoms with Gasteiger partial charge in [0.05, 0.1) is 29.3 Å². The Balaban J connectivity index is 1.87. The Morgan fingerprint density at radius 3 is 2.61 bits per heavy atom. The van der Waals surface area contributed by atoms with Crippen molar-refractivity contribution in [1.29, 1.82) is 5.41 Å². The van der Waals surface area contributed by atoms with Gasteiger partial charge in [0.15, 0.2) is 0 Å². The molecule has 0 saturated heterocycles. The summed E-state index contributed by atoms with van der Waals surface area (Å²) in [5, 5.41) is 14.1. The van der Waals surface area contributed by atoms with Crippen molar-refractivity contribution in [2.45, 2.75) is 36.0 Å². The molecule has 0 bridgehead atoms. The molecule has 0 atom stereocenters. The number of amides is 2. The Hall–Kier alpha value is -3.91. The molecule has 0 unspecified atom stereocenters. The van der Waals surface area contributed by atoms with E-state index in [1.165, 1.54) is 11.8 Å². The quantitative estimate of drug-likeness (QED) is 0.208. The number of carbonyl (C=O) groups is 2. The van der Waals surface area contributed by atoms with Gasteiger partial charge in [0.25, 0.3) is 5.91 Å². The summed E-state index contributed by atoms with van der Waals surface area (Å²) in [4.78, 5) is 30.6. The topological polar surface area (TPSA) is 104 Å². The first kappa shape index (κ1) is 26.7. The molecule has 0 spiro atoms. The number of aromatic nitrogens is 1. The highest BCUT2D eigenvalue weighted by atomic mass is 32.2. The van der Waals surface area contributed by atoms with E-state index < -0.39 is 6.09 Å². The predicted octanol–water partition coefficient (Wildman–Crippen LogP) is 6.41. The van der Waals surface area contributed by atoms with Crippen LogP contribution < -0.4 is 10.6 Å². The molecule has 8 heteroatoms. The monoisotopic (exact) mass is 502 g/mol. The van der Waals surface area contributed by atoms with Gasteiger partial charge in [-0.25, -0.2) is 4.79 Å². The molecule has 1 heterocycles. The molecule has 1 aromatic heterocycles. The van der Waals surface area contributed by atoms with Gasteiger partial charge in [0.1, 0.15) is 0 Å². The van der Waals surface area contributed by atoms with Crippen LogP contribution in [0.4, 0.5) is 10.5 Å². The third kappa shape index (κ3) is 7.81. The molecule has 7 nitrogen and oxygen atoms in total. The van der Waals surface area contributed by atoms with Crippen LogP contribution in [0.15, 0.2) is 82.7 Å². The molecule has 0 fully saturated rings. The van der Waals surface area contributed by atoms with Crippen LogP contribution in [-0.2, 0) is 4.74 Å². The second-order valence-corrected chi connectivity index (χ2v) is 8.97. The van der Waals surface area contributed by atoms with Crippen LogP contribution in [0.1, 0.15) is 47.8 Å². The molecule has 0 aliphatic rings. The van der Waals surface area contributed by atoms with Crippen molar-refractivity contribution >= 4 is 41.2 Å². The fraction of sp³-hybridized carbons (Fsp3) is 0.214. The summed E-state index contributed by atoms with van der Waals surface area (Å²) >= 11 is 1.40. The van der Waals surface area contributed by atoms with E-state index >= 15 is 0 Å². The molecular formula is C28H30N4O3S. The first-order valence-corrected chi connectivity index (χ1v) is 12.6. The Labute approximate surface area is 215 Å². The fourth-order valence-electron chi connectivity index (χ4n) is 3.33. The van der Waals surface area contributed by atoms with Gasteiger partial charge < -0.3 is 15.5 Å². The molecule has 3 aromatic rings. The average Bonchev–Trinajstić information content (AvgIpc) is 2.90. The van der Waals surface area contributed by atoms with Crippen molar-refractivity contribution in [2.24, 2.45) is 0 Å². The van der Waals surface area contributed by atoms with Crippen molar-refractivity contribution in [3.63, 3.8) is 0 Å². The van der Waals surface area contributed by atoms with E-state index in [9.17, 15) is 9.59 Å². The van der Waals surface area contributed by atoms with Gasteiger partial charge in [-0.15, -0.1) is 0 Å². The minimum Gasteiger partial charge on any atom is -0.449 e. The van der Waals surface area contributed by atoms with Gasteiger partial charge in [0.2, 0.25) is 0 Å². The van der Waals surface area contributed by atoms with E-state index in [1.807, 2.05) is 42.5 Å². The van der Waals surface area contributed by atoms with E-state index in [0.29, 0.717) is 23.4 Å². The summed E-state index contributed by atoms with van der Waals surface area (Å²) in [5.74, 6) is -0.176. The molecule has 36 heavy (non-hydrogen) atoms. The summed E-state index contributed by atoms with van der Waals surface area (Å²) in [5.41, 5.74) is 2.49. The van der Waals surface area contributed by atoms with Crippen molar-refractivity contribution in [3.8, 4) is 0 Å². The fourth-order valence-corrected chi connectivity index (χ4v) is 4.31. The van der Waals surface area contributed by atoms with E-state index in [-0.39, 0.29) is 11.6 Å². The molecule has 3 rings (SSSR count). The van der Waals surface area contributed by atoms with Crippen LogP contribution in [0, 0.1) is 5.41 Å². The van der Waals surface area contributed by atoms with Crippen LogP contribution in [0.25, 0.3) is 6.08 Å². The van der Waals surface area contributed by atoms with Gasteiger partial charge in [-0.05, 0) is 61.0 Å². The zero-order valence-electron chi connectivity index (χ0n) is 20.4. The number of anilines is 1. The van der Waals surface area contributed by atoms with Crippen LogP contribution in [0.2, 0.25) is 0 Å². The number of unbranched alkanes of at least 4 members (excludes halogenated alkanes) is 2. The van der Waals surface area contributed by atoms with Crippen LogP contribution in [-0.4, -0.2) is 36.4 Å². The molecule has 3 N–H and O–H groups in total. The number of rotatable bonds is 11. The number of allylic oxidation sites excluding steroid dienone is 1. The molecule has 0 saturated carbocycles. The maximum absolute atomic E-state index is 12.5. The lowest BCUT2D eigenvalue weighted by molar-refractivity contribution is 0.0960. The van der Waals surface area contributed by atoms with Crippen molar-refractivity contribution in [3.05, 3.63) is 89.8 Å². The van der Waals surface area contributed by atoms with Crippen LogP contribution in [0.3, 0.4) is 0 Å². The maximum Gasteiger partial charge on any atom is 0.411 e. The first-order valence-electron chi connectivity index (χ1n) is 11.8. The standard InChI is InChI=1S/C28H30N4O3S/c1-3-4-9-18-35-28(34)32-25-19-21(36-26-12-6-5-11-23(26)27(33)30-2)14-15-22(25)24(29)16-13-20-10-7-8-17-31-20/h5-8,10-17,19,29H,3-4,9,18H2,1-2H3,(H,30,33)(H,32,34)/b16-13+,29-24?. The largest absolute Gasteiger partial charge is 0.449 e. The molecule has 186 valence electrons. The lowest BCUT2D eigenvalue weighted by atomic mass is 10.1. The third-order valence-corrected chi connectivity index (χ3v) is 6.26. The van der Waals surface area contributed by atoms with Crippen LogP contribution in [0.5, 0.6) is 0 Å². The SMILES string of the molecule is CCCCCOC(=O)Nc1cc(Sc2ccccc2C(=O)NC)ccc1C(=N)/C=C/c1ccccn1. The number of ether oxygens (including phenoxy) is 1. The van der Waals surface area contributed by atoms with Crippen molar-refractivity contribution in [2.75, 3.05) is 19.0 Å². The third-order valence-electron chi connectivity index (χ3n) is 5.19. The summed E-state index contributed by atoms with van der Waals surface area (Å²) in [6, 6.07) is 18.3. The lowest BCUT2D eigenvalue weighted by Crippen LogP contribution is -2.18. The minimum atomic E-state index is -0.568. The van der Waals surface area contributed by atoms with Gasteiger partial charge in [-0.2, -0.15) is 0 Å². The van der Waals surface area contributed by atoms with Crippen molar-refractivity contribution < 1.29 is 14.3 Å². The highest BCUT2D eigenvalue weighted by Crippen LogP contribution is 2.33. The minimum absolute atomic E-state index is 0.176. The number of benzene rings is 2. The normalized spacial score (nSPS) is 10.7. The van der Waals surface area contributed by atoms with Gasteiger partial charge in [-0.3, -0.25) is 15.1 Å². The summed E-state index contributed by atoms with van der Waals surface area (Å²) in [6.07, 6.45) is 7.32. The van der Waals surface area contributed by atoms with E-state index in [1.54, 1.807) is 43.6 Å². The average molecular weight is 503 g/mol. The summed E-state index contributed by atoms with van der Waals surface area (Å²) in [7, 11) is 1.59. The lowest BCUT2D eigenvalue weighted by Gasteiger charge is -2.14. The number of pyridine rings is 1. The number of hydrogen-bond acceptors (Lipinski definition) is 6. The zero-order valence-corrected chi connectivity index (χ0v) is 21.2. The highest BCUT2D eigenvalue weighted by Gasteiger charge is 2.15. The summed E-state index contributed by atoms with van der Waals surface area (Å²) < 4.78 is 5.33. The second-order valence-electron chi connectivity index (χ2n) is 7.85. The molecule has 2 aromatic carbocycles. The number of nitrogens with zero attached hydrogens (tertiary/aromatic N) is 1.